The van der Waals surface area contributed by atoms with Gasteiger partial charge in [-0.15, -0.1) is 0 Å². The van der Waals surface area contributed by atoms with E-state index in [0.29, 0.717) is 29.2 Å². The lowest BCUT2D eigenvalue weighted by molar-refractivity contribution is 0.159. The van der Waals surface area contributed by atoms with E-state index in [-0.39, 0.29) is 6.04 Å². The lowest BCUT2D eigenvalue weighted by atomic mass is 10.1. The van der Waals surface area contributed by atoms with E-state index in [0.717, 1.165) is 17.7 Å². The normalized spacial score (nSPS) is 21.7. The highest BCUT2D eigenvalue weighted by Crippen LogP contribution is 2.31. The summed E-state index contributed by atoms with van der Waals surface area (Å²) in [6.45, 7) is 9.38. The minimum atomic E-state index is -3.50. The van der Waals surface area contributed by atoms with Crippen LogP contribution in [0.2, 0.25) is 0 Å². The number of anilines is 1. The molecule has 5 nitrogen and oxygen atoms in total. The number of nitrogens with two attached hydrogens (primary N) is 1. The van der Waals surface area contributed by atoms with E-state index in [1.54, 1.807) is 11.2 Å². The molecule has 1 heterocycles. The number of rotatable bonds is 2. The second-order valence-electron chi connectivity index (χ2n) is 6.05. The van der Waals surface area contributed by atoms with Crippen molar-refractivity contribution in [3.8, 4) is 0 Å². The zero-order valence-corrected chi connectivity index (χ0v) is 14.3. The number of piperazine rings is 1. The van der Waals surface area contributed by atoms with Gasteiger partial charge in [-0.3, -0.25) is 0 Å². The molecule has 0 radical (unpaired) electrons. The van der Waals surface area contributed by atoms with E-state index >= 15 is 0 Å². The lowest BCUT2D eigenvalue weighted by Gasteiger charge is -2.37. The zero-order chi connectivity index (χ0) is 15.9. The van der Waals surface area contributed by atoms with Crippen LogP contribution in [0.1, 0.15) is 23.6 Å². The van der Waals surface area contributed by atoms with Crippen LogP contribution in [0, 0.1) is 20.8 Å². The molecule has 0 amide bonds. The molecule has 21 heavy (non-hydrogen) atoms. The van der Waals surface area contributed by atoms with Gasteiger partial charge in [-0.2, -0.15) is 4.31 Å². The van der Waals surface area contributed by atoms with Gasteiger partial charge in [-0.25, -0.2) is 8.42 Å². The Morgan fingerprint density at radius 1 is 1.19 bits per heavy atom. The number of likely N-dealkylation sites (N-methyl/N-ethyl adjacent to an activating group) is 1. The first-order valence-electron chi connectivity index (χ1n) is 7.23. The molecular weight excluding hydrogens is 286 g/mol. The number of hydrogen-bond acceptors (Lipinski definition) is 4. The third kappa shape index (κ3) is 2.80. The Morgan fingerprint density at radius 2 is 1.81 bits per heavy atom. The molecule has 0 saturated carbocycles. The minimum Gasteiger partial charge on any atom is -0.398 e. The first kappa shape index (κ1) is 16.3. The van der Waals surface area contributed by atoms with Crippen LogP contribution in [0.25, 0.3) is 0 Å². The van der Waals surface area contributed by atoms with Crippen molar-refractivity contribution in [2.45, 2.75) is 38.6 Å². The minimum absolute atomic E-state index is 0.219. The summed E-state index contributed by atoms with van der Waals surface area (Å²) >= 11 is 0. The fourth-order valence-corrected chi connectivity index (χ4v) is 4.84. The van der Waals surface area contributed by atoms with Gasteiger partial charge in [0.25, 0.3) is 0 Å². The van der Waals surface area contributed by atoms with Crippen LogP contribution >= 0.6 is 0 Å². The van der Waals surface area contributed by atoms with Gasteiger partial charge in [-0.1, -0.05) is 0 Å². The summed E-state index contributed by atoms with van der Waals surface area (Å²) in [6, 6.07) is 2.06. The molecule has 1 aromatic carbocycles. The quantitative estimate of drug-likeness (QED) is 0.841. The van der Waals surface area contributed by atoms with Crippen LogP contribution in [0.4, 0.5) is 5.69 Å². The first-order chi connectivity index (χ1) is 9.66. The third-order valence-corrected chi connectivity index (χ3v) is 6.74. The van der Waals surface area contributed by atoms with Crippen molar-refractivity contribution in [3.63, 3.8) is 0 Å². The van der Waals surface area contributed by atoms with Crippen LogP contribution in [-0.4, -0.2) is 50.3 Å². The standard InChI is InChI=1S/C15H25N3O2S/c1-10-8-14(16)13(4)15(12(10)3)21(19,20)18-7-6-17(5)11(2)9-18/h8,11H,6-7,9,16H2,1-5H3. The zero-order valence-electron chi connectivity index (χ0n) is 13.5. The monoisotopic (exact) mass is 311 g/mol. The maximum atomic E-state index is 13.0. The van der Waals surface area contributed by atoms with Crippen molar-refractivity contribution in [1.82, 2.24) is 9.21 Å². The molecule has 1 aliphatic heterocycles. The van der Waals surface area contributed by atoms with Crippen molar-refractivity contribution in [2.75, 3.05) is 32.4 Å². The molecule has 0 aliphatic carbocycles. The van der Waals surface area contributed by atoms with Crippen LogP contribution in [0.15, 0.2) is 11.0 Å². The van der Waals surface area contributed by atoms with E-state index in [2.05, 4.69) is 4.90 Å². The molecule has 6 heteroatoms. The Bertz CT molecular complexity index is 629. The summed E-state index contributed by atoms with van der Waals surface area (Å²) in [5.74, 6) is 0. The van der Waals surface area contributed by atoms with Crippen molar-refractivity contribution in [2.24, 2.45) is 0 Å². The van der Waals surface area contributed by atoms with E-state index in [4.69, 9.17) is 5.73 Å². The Balaban J connectivity index is 2.51. The summed E-state index contributed by atoms with van der Waals surface area (Å²) in [5.41, 5.74) is 8.89. The van der Waals surface area contributed by atoms with E-state index < -0.39 is 10.0 Å². The Labute approximate surface area is 127 Å². The van der Waals surface area contributed by atoms with Crippen LogP contribution in [0.3, 0.4) is 0 Å². The average molecular weight is 311 g/mol. The number of aryl methyl sites for hydroxylation is 1. The smallest absolute Gasteiger partial charge is 0.243 e. The molecule has 1 unspecified atom stereocenters. The molecule has 0 spiro atoms. The number of benzene rings is 1. The maximum Gasteiger partial charge on any atom is 0.243 e. The van der Waals surface area contributed by atoms with Gasteiger partial charge in [0.05, 0.1) is 4.90 Å². The number of hydrogen-bond donors (Lipinski definition) is 1. The SMILES string of the molecule is Cc1cc(N)c(C)c(S(=O)(=O)N2CCN(C)C(C)C2)c1C. The Morgan fingerprint density at radius 3 is 2.38 bits per heavy atom. The highest BCUT2D eigenvalue weighted by molar-refractivity contribution is 7.89. The molecule has 0 bridgehead atoms. The Hall–Kier alpha value is -1.11. The van der Waals surface area contributed by atoms with Crippen molar-refractivity contribution in [3.05, 3.63) is 22.8 Å². The van der Waals surface area contributed by atoms with Crippen molar-refractivity contribution < 1.29 is 8.42 Å². The third-order valence-electron chi connectivity index (χ3n) is 4.60. The maximum absolute atomic E-state index is 13.0. The largest absolute Gasteiger partial charge is 0.398 e. The second kappa shape index (κ2) is 5.59. The summed E-state index contributed by atoms with van der Waals surface area (Å²) in [7, 11) is -1.47. The van der Waals surface area contributed by atoms with Gasteiger partial charge in [-0.05, 0) is 57.5 Å². The summed E-state index contributed by atoms with van der Waals surface area (Å²) < 4.78 is 27.7. The lowest BCUT2D eigenvalue weighted by Crippen LogP contribution is -2.52. The fourth-order valence-electron chi connectivity index (χ4n) is 2.79. The fraction of sp³-hybridized carbons (Fsp3) is 0.600. The second-order valence-corrected chi connectivity index (χ2v) is 7.93. The number of nitrogen functional groups attached to an aromatic ring is 1. The van der Waals surface area contributed by atoms with Crippen LogP contribution in [0.5, 0.6) is 0 Å². The summed E-state index contributed by atoms with van der Waals surface area (Å²) in [5, 5.41) is 0. The molecule has 1 fully saturated rings. The van der Waals surface area contributed by atoms with Crippen molar-refractivity contribution in [1.29, 1.82) is 0 Å². The van der Waals surface area contributed by atoms with Crippen molar-refractivity contribution >= 4 is 15.7 Å². The molecular formula is C15H25N3O2S. The highest BCUT2D eigenvalue weighted by Gasteiger charge is 2.33. The Kier molecular flexibility index (Phi) is 4.33. The van der Waals surface area contributed by atoms with E-state index in [1.165, 1.54) is 0 Å². The molecule has 1 aromatic rings. The predicted octanol–water partition coefficient (Wildman–Crippen LogP) is 1.52. The van der Waals surface area contributed by atoms with Gasteiger partial charge < -0.3 is 10.6 Å². The van der Waals surface area contributed by atoms with Gasteiger partial charge in [0, 0.05) is 31.4 Å². The predicted molar refractivity (Wildman–Crippen MR) is 85.9 cm³/mol. The topological polar surface area (TPSA) is 66.6 Å². The molecule has 1 atom stereocenters. The average Bonchev–Trinajstić information content (AvgIpc) is 2.39. The van der Waals surface area contributed by atoms with E-state index in [9.17, 15) is 8.42 Å². The molecule has 1 aliphatic rings. The molecule has 0 aromatic heterocycles. The van der Waals surface area contributed by atoms with Gasteiger partial charge in [0.15, 0.2) is 0 Å². The van der Waals surface area contributed by atoms with Crippen LogP contribution < -0.4 is 5.73 Å². The molecule has 2 N–H and O–H groups in total. The van der Waals surface area contributed by atoms with Gasteiger partial charge in [0.2, 0.25) is 10.0 Å². The molecule has 2 rings (SSSR count). The van der Waals surface area contributed by atoms with Gasteiger partial charge in [0.1, 0.15) is 0 Å². The summed E-state index contributed by atoms with van der Waals surface area (Å²) in [4.78, 5) is 2.56. The highest BCUT2D eigenvalue weighted by atomic mass is 32.2. The van der Waals surface area contributed by atoms with Crippen LogP contribution in [-0.2, 0) is 10.0 Å². The van der Waals surface area contributed by atoms with E-state index in [1.807, 2.05) is 33.9 Å². The molecule has 1 saturated heterocycles. The number of nitrogens with zero attached hydrogens (tertiary/aromatic N) is 2. The van der Waals surface area contributed by atoms with Gasteiger partial charge >= 0.3 is 0 Å². The number of sulfonamides is 1. The first-order valence-corrected chi connectivity index (χ1v) is 8.67. The summed E-state index contributed by atoms with van der Waals surface area (Å²) in [6.07, 6.45) is 0. The molecule has 118 valence electrons.